The van der Waals surface area contributed by atoms with Gasteiger partial charge in [-0.05, 0) is 60.6 Å². The summed E-state index contributed by atoms with van der Waals surface area (Å²) in [4.78, 5) is 27.8. The van der Waals surface area contributed by atoms with E-state index in [0.717, 1.165) is 17.5 Å². The van der Waals surface area contributed by atoms with Gasteiger partial charge in [0.1, 0.15) is 0 Å². The minimum absolute atomic E-state index is 0.0871. The molecule has 9 heteroatoms. The summed E-state index contributed by atoms with van der Waals surface area (Å²) in [5, 5.41) is 0.404. The molecule has 3 rings (SSSR count). The van der Waals surface area contributed by atoms with Gasteiger partial charge >= 0.3 is 5.97 Å². The minimum Gasteiger partial charge on any atom is -0.462 e. The summed E-state index contributed by atoms with van der Waals surface area (Å²) in [6.45, 7) is 6.59. The number of carbonyl (C=O) groups excluding carboxylic acids is 2. The Labute approximate surface area is 211 Å². The van der Waals surface area contributed by atoms with Gasteiger partial charge in [0.2, 0.25) is 5.91 Å². The van der Waals surface area contributed by atoms with E-state index in [2.05, 4.69) is 0 Å². The van der Waals surface area contributed by atoms with Crippen LogP contribution in [0.1, 0.15) is 60.3 Å². The lowest BCUT2D eigenvalue weighted by atomic mass is 9.93. The van der Waals surface area contributed by atoms with Crippen molar-refractivity contribution in [3.8, 4) is 0 Å². The van der Waals surface area contributed by atoms with Crippen LogP contribution >= 0.6 is 23.2 Å². The summed E-state index contributed by atoms with van der Waals surface area (Å²) >= 11 is 12.8. The van der Waals surface area contributed by atoms with Crippen LogP contribution in [-0.2, 0) is 32.2 Å². The van der Waals surface area contributed by atoms with Crippen molar-refractivity contribution in [2.24, 2.45) is 5.92 Å². The molecule has 1 aliphatic heterocycles. The maximum atomic E-state index is 13.3. The van der Waals surface area contributed by atoms with Crippen molar-refractivity contribution in [1.82, 2.24) is 4.90 Å². The first-order chi connectivity index (χ1) is 15.9. The predicted molar refractivity (Wildman–Crippen MR) is 133 cm³/mol. The molecule has 0 fully saturated rings. The zero-order valence-corrected chi connectivity index (χ0v) is 22.1. The second kappa shape index (κ2) is 10.7. The van der Waals surface area contributed by atoms with Gasteiger partial charge in [-0.15, -0.1) is 0 Å². The Balaban J connectivity index is 1.82. The lowest BCUT2D eigenvalue weighted by Gasteiger charge is -2.36. The van der Waals surface area contributed by atoms with Gasteiger partial charge < -0.3 is 9.64 Å². The van der Waals surface area contributed by atoms with E-state index >= 15 is 0 Å². The fourth-order valence-corrected chi connectivity index (χ4v) is 5.73. The summed E-state index contributed by atoms with van der Waals surface area (Å²) < 4.78 is 29.7. The van der Waals surface area contributed by atoms with Crippen LogP contribution in [0, 0.1) is 5.92 Å². The largest absolute Gasteiger partial charge is 0.462 e. The highest BCUT2D eigenvalue weighted by Crippen LogP contribution is 2.35. The van der Waals surface area contributed by atoms with Gasteiger partial charge in [0, 0.05) is 17.8 Å². The third-order valence-corrected chi connectivity index (χ3v) is 8.04. The van der Waals surface area contributed by atoms with Crippen molar-refractivity contribution in [1.29, 1.82) is 0 Å². The highest BCUT2D eigenvalue weighted by molar-refractivity contribution is 7.90. The summed E-state index contributed by atoms with van der Waals surface area (Å²) in [6.07, 6.45) is 2.27. The molecule has 6 nitrogen and oxygen atoms in total. The molecule has 0 aliphatic carbocycles. The number of nitrogens with zero attached hydrogens (tertiary/aromatic N) is 1. The Hall–Kier alpha value is -2.09. The van der Waals surface area contributed by atoms with E-state index < -0.39 is 15.8 Å². The Morgan fingerprint density at radius 2 is 1.88 bits per heavy atom. The normalized spacial score (nSPS) is 15.9. The van der Waals surface area contributed by atoms with Crippen molar-refractivity contribution in [2.45, 2.75) is 51.0 Å². The van der Waals surface area contributed by atoms with Gasteiger partial charge in [-0.1, -0.05) is 49.2 Å². The molecule has 0 aromatic heterocycles. The molecule has 0 N–H and O–H groups in total. The SMILES string of the molecule is CC(C)CCOC(=O)c1ccc(Cl)c(CC(=O)N2CCc3c(cccc3S(C)(=O)=O)[C@@H]2C)c1Cl. The Morgan fingerprint density at radius 3 is 2.53 bits per heavy atom. The summed E-state index contributed by atoms with van der Waals surface area (Å²) in [5.41, 5.74) is 2.10. The number of halogens is 2. The molecule has 1 aliphatic rings. The monoisotopic (exact) mass is 525 g/mol. The van der Waals surface area contributed by atoms with Crippen LogP contribution in [0.15, 0.2) is 35.2 Å². The third-order valence-electron chi connectivity index (χ3n) is 6.07. The summed E-state index contributed by atoms with van der Waals surface area (Å²) in [5.74, 6) is -0.367. The zero-order chi connectivity index (χ0) is 25.2. The van der Waals surface area contributed by atoms with Crippen molar-refractivity contribution < 1.29 is 22.7 Å². The van der Waals surface area contributed by atoms with Crippen LogP contribution in [0.5, 0.6) is 0 Å². The minimum atomic E-state index is -3.37. The van der Waals surface area contributed by atoms with E-state index in [1.165, 1.54) is 12.3 Å². The van der Waals surface area contributed by atoms with Crippen LogP contribution in [0.4, 0.5) is 0 Å². The van der Waals surface area contributed by atoms with Crippen molar-refractivity contribution in [3.05, 3.63) is 62.6 Å². The van der Waals surface area contributed by atoms with Gasteiger partial charge in [-0.3, -0.25) is 4.79 Å². The van der Waals surface area contributed by atoms with E-state index in [1.807, 2.05) is 26.8 Å². The Morgan fingerprint density at radius 1 is 1.18 bits per heavy atom. The van der Waals surface area contributed by atoms with Crippen LogP contribution in [0.3, 0.4) is 0 Å². The summed E-state index contributed by atoms with van der Waals surface area (Å²) in [7, 11) is -3.37. The first kappa shape index (κ1) is 26.5. The fraction of sp³-hybridized carbons (Fsp3) is 0.440. The highest BCUT2D eigenvalue weighted by atomic mass is 35.5. The number of rotatable bonds is 7. The fourth-order valence-electron chi connectivity index (χ4n) is 4.16. The molecule has 1 heterocycles. The molecule has 34 heavy (non-hydrogen) atoms. The van der Waals surface area contributed by atoms with Crippen molar-refractivity contribution in [3.63, 3.8) is 0 Å². The second-order valence-corrected chi connectivity index (χ2v) is 11.8. The molecule has 184 valence electrons. The van der Waals surface area contributed by atoms with Gasteiger partial charge in [0.15, 0.2) is 9.84 Å². The van der Waals surface area contributed by atoms with Gasteiger partial charge in [0.05, 0.1) is 34.6 Å². The van der Waals surface area contributed by atoms with Crippen LogP contribution < -0.4 is 0 Å². The number of hydrogen-bond acceptors (Lipinski definition) is 5. The average molecular weight is 526 g/mol. The Kier molecular flexibility index (Phi) is 8.32. The number of ether oxygens (including phenoxy) is 1. The molecule has 0 radical (unpaired) electrons. The molecular formula is C25H29Cl2NO5S. The number of benzene rings is 2. The molecule has 0 bridgehead atoms. The van der Waals surface area contributed by atoms with Crippen LogP contribution in [0.25, 0.3) is 0 Å². The first-order valence-electron chi connectivity index (χ1n) is 11.2. The second-order valence-electron chi connectivity index (χ2n) is 8.99. The van der Waals surface area contributed by atoms with E-state index in [9.17, 15) is 18.0 Å². The van der Waals surface area contributed by atoms with Gasteiger partial charge in [-0.2, -0.15) is 0 Å². The first-order valence-corrected chi connectivity index (χ1v) is 13.8. The van der Waals surface area contributed by atoms with E-state index in [-0.39, 0.29) is 35.6 Å². The number of hydrogen-bond donors (Lipinski definition) is 0. The number of fused-ring (bicyclic) bond motifs is 1. The maximum absolute atomic E-state index is 13.3. The molecular weight excluding hydrogens is 497 g/mol. The predicted octanol–water partition coefficient (Wildman–Crippen LogP) is 5.29. The average Bonchev–Trinajstić information content (AvgIpc) is 2.75. The molecule has 0 saturated heterocycles. The quantitative estimate of drug-likeness (QED) is 0.458. The van der Waals surface area contributed by atoms with Crippen molar-refractivity contribution in [2.75, 3.05) is 19.4 Å². The summed E-state index contributed by atoms with van der Waals surface area (Å²) in [6, 6.07) is 7.87. The number of esters is 1. The third kappa shape index (κ3) is 5.75. The Bertz CT molecular complexity index is 1210. The van der Waals surface area contributed by atoms with E-state index in [4.69, 9.17) is 27.9 Å². The molecule has 2 aromatic carbocycles. The van der Waals surface area contributed by atoms with Crippen LogP contribution in [0.2, 0.25) is 10.0 Å². The molecule has 1 atom stereocenters. The molecule has 0 spiro atoms. The molecule has 2 aromatic rings. The molecule has 1 amide bonds. The highest BCUT2D eigenvalue weighted by Gasteiger charge is 2.31. The number of carbonyl (C=O) groups is 2. The van der Waals surface area contributed by atoms with Crippen LogP contribution in [-0.4, -0.2) is 44.6 Å². The molecule has 0 saturated carbocycles. The van der Waals surface area contributed by atoms with Crippen molar-refractivity contribution >= 4 is 44.9 Å². The number of sulfone groups is 1. The smallest absolute Gasteiger partial charge is 0.339 e. The topological polar surface area (TPSA) is 80.8 Å². The van der Waals surface area contributed by atoms with Gasteiger partial charge in [0.25, 0.3) is 0 Å². The van der Waals surface area contributed by atoms with E-state index in [0.29, 0.717) is 34.4 Å². The lowest BCUT2D eigenvalue weighted by molar-refractivity contribution is -0.133. The maximum Gasteiger partial charge on any atom is 0.339 e. The lowest BCUT2D eigenvalue weighted by Crippen LogP contribution is -2.40. The standard InChI is InChI=1S/C25H29Cl2NO5S/c1-15(2)11-13-33-25(30)19-8-9-21(26)20(24(19)27)14-23(29)28-12-10-18-17(16(28)3)6-5-7-22(18)34(4,31)32/h5-9,15-16H,10-14H2,1-4H3/t16-/m0/s1. The molecule has 0 unspecified atom stereocenters. The zero-order valence-electron chi connectivity index (χ0n) is 19.7. The van der Waals surface area contributed by atoms with Gasteiger partial charge in [-0.25, -0.2) is 13.2 Å². The van der Waals surface area contributed by atoms with E-state index in [1.54, 1.807) is 23.1 Å². The number of amides is 1.